The van der Waals surface area contributed by atoms with Crippen LogP contribution in [0.25, 0.3) is 0 Å². The summed E-state index contributed by atoms with van der Waals surface area (Å²) in [7, 11) is 0. The molecule has 0 bridgehead atoms. The Morgan fingerprint density at radius 2 is 1.21 bits per heavy atom. The minimum absolute atomic E-state index is 0.280. The van der Waals surface area contributed by atoms with Gasteiger partial charge in [-0.25, -0.2) is 9.69 Å². The molecular weight excluding hydrogens is 974 g/mol. The van der Waals surface area contributed by atoms with Crippen LogP contribution in [-0.2, 0) is 43.9 Å². The molecule has 6 unspecified atom stereocenters. The third-order valence-corrected chi connectivity index (χ3v) is 11.1. The standard InChI is InChI=1S/C39H49N3O29/c43-19(17(11-15-7-3-1-4-8-15)13-20(44)36(61,62)70-26-21(33(52,53)54)23(45)25(47)24(46)22(26)34(55,56)57)14-18(12-16-9-5-2-6-10-16)40-29(50)32(30(71-32)69-27(28(48)49)35(58,59)60)42-31(51)41-38(65,66)37(63,64)39(42,67)68/h1-10,17-19,27-28,30,43,45-49,52-68H,11-14H2,(H,40,50)(H,41,51). The third-order valence-electron chi connectivity index (χ3n) is 11.1. The fourth-order valence-corrected chi connectivity index (χ4v) is 7.48. The van der Waals surface area contributed by atoms with Gasteiger partial charge in [0.05, 0.1) is 6.10 Å². The second kappa shape index (κ2) is 19.4. The lowest BCUT2D eigenvalue weighted by molar-refractivity contribution is -0.499. The average molecular weight is 1020 g/mol. The Hall–Kier alpha value is -5.61. The first-order valence-electron chi connectivity index (χ1n) is 20.1. The van der Waals surface area contributed by atoms with Gasteiger partial charge < -0.3 is 137 Å². The number of carbonyl (C=O) groups is 3. The maximum Gasteiger partial charge on any atom is 0.386 e. The van der Waals surface area contributed by atoms with Crippen molar-refractivity contribution in [3.8, 4) is 23.0 Å². The van der Waals surface area contributed by atoms with Crippen LogP contribution in [-0.4, -0.2) is 206 Å². The molecule has 394 valence electrons. The second-order valence-electron chi connectivity index (χ2n) is 16.4. The SMILES string of the molecule is O=C1NC(O)(O)C(O)(O)C(O)(O)N1C1(C(=O)NC(Cc2ccccc2)CC(O)C(CC(=O)C(O)(O)Oc2c(C(O)(O)O)c(O)c(O)c(O)c2C(O)(O)O)Cc2ccccc2)OC1OC(C(O)O)C(O)(O)O. The molecule has 3 aromatic rings. The van der Waals surface area contributed by atoms with E-state index in [2.05, 4.69) is 10.1 Å². The summed E-state index contributed by atoms with van der Waals surface area (Å²) >= 11 is 0. The van der Waals surface area contributed by atoms with E-state index in [-0.39, 0.29) is 11.1 Å². The summed E-state index contributed by atoms with van der Waals surface area (Å²) in [4.78, 5) is 40.9. The molecule has 2 aliphatic heterocycles. The van der Waals surface area contributed by atoms with Crippen LogP contribution in [0.15, 0.2) is 60.7 Å². The predicted molar refractivity (Wildman–Crippen MR) is 214 cm³/mol. The van der Waals surface area contributed by atoms with Gasteiger partial charge in [-0.2, -0.15) is 0 Å². The maximum absolute atomic E-state index is 14.5. The number of amides is 3. The summed E-state index contributed by atoms with van der Waals surface area (Å²) in [6, 6.07) is 10.8. The first kappa shape index (κ1) is 56.3. The van der Waals surface area contributed by atoms with Gasteiger partial charge in [-0.15, -0.1) is 0 Å². The number of rotatable bonds is 21. The van der Waals surface area contributed by atoms with Crippen LogP contribution in [0.4, 0.5) is 4.79 Å². The van der Waals surface area contributed by atoms with Gasteiger partial charge in [0.2, 0.25) is 17.8 Å². The summed E-state index contributed by atoms with van der Waals surface area (Å²) in [6.45, 7) is 0. The van der Waals surface area contributed by atoms with E-state index in [9.17, 15) is 132 Å². The largest absolute Gasteiger partial charge is 0.504 e. The fraction of sp³-hybridized carbons (Fsp3) is 0.462. The Kier molecular flexibility index (Phi) is 15.4. The number of ketones is 1. The summed E-state index contributed by atoms with van der Waals surface area (Å²) in [6.07, 6.45) is -14.0. The first-order valence-corrected chi connectivity index (χ1v) is 20.1. The number of nitrogens with one attached hydrogen (secondary N) is 2. The number of epoxide rings is 1. The zero-order chi connectivity index (χ0) is 53.8. The number of phenolic OH excluding ortho intramolecular Hbond substituents is 3. The van der Waals surface area contributed by atoms with Gasteiger partial charge >= 0.3 is 47.5 Å². The molecule has 6 atom stereocenters. The van der Waals surface area contributed by atoms with E-state index in [1.807, 2.05) is 0 Å². The van der Waals surface area contributed by atoms with Crippen molar-refractivity contribution in [3.63, 3.8) is 0 Å². The van der Waals surface area contributed by atoms with Crippen molar-refractivity contribution in [2.45, 2.75) is 104 Å². The number of carbonyl (C=O) groups excluding carboxylic acids is 3. The fourth-order valence-electron chi connectivity index (χ4n) is 7.48. The number of hydrogen-bond donors (Lipinski definition) is 25. The first-order chi connectivity index (χ1) is 32.3. The lowest BCUT2D eigenvalue weighted by Crippen LogP contribution is -2.87. The Balaban J connectivity index is 1.56. The predicted octanol–water partition coefficient (Wildman–Crippen LogP) is -10.3. The lowest BCUT2D eigenvalue weighted by atomic mass is 9.85. The van der Waals surface area contributed by atoms with Crippen molar-refractivity contribution < 1.29 is 146 Å². The highest BCUT2D eigenvalue weighted by Crippen LogP contribution is 2.53. The Morgan fingerprint density at radius 1 is 0.732 bits per heavy atom. The number of aliphatic hydroxyl groups is 20. The number of aliphatic hydroxyl groups excluding tert-OH is 2. The molecule has 2 fully saturated rings. The van der Waals surface area contributed by atoms with E-state index < -0.39 is 166 Å². The molecule has 0 spiro atoms. The van der Waals surface area contributed by atoms with Crippen molar-refractivity contribution in [3.05, 3.63) is 82.9 Å². The van der Waals surface area contributed by atoms with E-state index in [0.717, 1.165) is 5.32 Å². The number of Topliss-reactive ketones (excluding diaryl/α,β-unsaturated/α-hetero) is 1. The van der Waals surface area contributed by atoms with Gasteiger partial charge in [-0.05, 0) is 36.3 Å². The number of urea groups is 1. The van der Waals surface area contributed by atoms with E-state index >= 15 is 0 Å². The molecule has 2 heterocycles. The highest BCUT2D eigenvalue weighted by Gasteiger charge is 2.82. The summed E-state index contributed by atoms with van der Waals surface area (Å²) in [5.74, 6) is -45.0. The molecule has 0 aromatic heterocycles. The van der Waals surface area contributed by atoms with Crippen LogP contribution < -0.4 is 15.4 Å². The van der Waals surface area contributed by atoms with Crippen LogP contribution in [0.2, 0.25) is 0 Å². The van der Waals surface area contributed by atoms with Crippen molar-refractivity contribution in [2.75, 3.05) is 0 Å². The molecule has 71 heavy (non-hydrogen) atoms. The van der Waals surface area contributed by atoms with Gasteiger partial charge in [0.1, 0.15) is 11.1 Å². The quantitative estimate of drug-likeness (QED) is 0.0268. The monoisotopic (exact) mass is 1020 g/mol. The number of ether oxygens (including phenoxy) is 3. The van der Waals surface area contributed by atoms with Crippen molar-refractivity contribution in [1.29, 1.82) is 0 Å². The van der Waals surface area contributed by atoms with Crippen LogP contribution in [0.5, 0.6) is 23.0 Å². The second-order valence-corrected chi connectivity index (χ2v) is 16.4. The highest BCUT2D eigenvalue weighted by molar-refractivity contribution is 5.93. The number of nitrogens with zero attached hydrogens (tertiary/aromatic N) is 1. The van der Waals surface area contributed by atoms with Gasteiger partial charge in [0, 0.05) is 12.5 Å². The molecule has 0 aliphatic carbocycles. The van der Waals surface area contributed by atoms with Crippen LogP contribution in [0.3, 0.4) is 0 Å². The summed E-state index contributed by atoms with van der Waals surface area (Å²) in [5, 5.41) is 239. The number of phenols is 3. The van der Waals surface area contributed by atoms with Gasteiger partial charge in [0.15, 0.2) is 29.6 Å². The Labute approximate surface area is 394 Å². The van der Waals surface area contributed by atoms with E-state index in [0.29, 0.717) is 0 Å². The molecule has 3 aromatic carbocycles. The molecule has 32 nitrogen and oxygen atoms in total. The summed E-state index contributed by atoms with van der Waals surface area (Å²) in [5.41, 5.74) is -7.18. The molecule has 25 N–H and O–H groups in total. The molecule has 2 aliphatic rings. The topological polar surface area (TPSA) is 575 Å². The molecule has 0 radical (unpaired) electrons. The minimum Gasteiger partial charge on any atom is -0.504 e. The van der Waals surface area contributed by atoms with Crippen molar-refractivity contribution in [2.24, 2.45) is 5.92 Å². The average Bonchev–Trinajstić information content (AvgIpc) is 3.93. The molecule has 3 amide bonds. The maximum atomic E-state index is 14.5. The molecule has 0 saturated carbocycles. The van der Waals surface area contributed by atoms with Gasteiger partial charge in [0.25, 0.3) is 11.6 Å². The minimum atomic E-state index is -4.78. The summed E-state index contributed by atoms with van der Waals surface area (Å²) < 4.78 is 14.6. The van der Waals surface area contributed by atoms with Gasteiger partial charge in [-0.3, -0.25) is 14.9 Å². The van der Waals surface area contributed by atoms with Crippen molar-refractivity contribution in [1.82, 2.24) is 15.5 Å². The normalized spacial score (nSPS) is 21.7. The van der Waals surface area contributed by atoms with Crippen LogP contribution in [0.1, 0.15) is 35.1 Å². The lowest BCUT2D eigenvalue weighted by Gasteiger charge is -2.52. The Bertz CT molecular complexity index is 2380. The van der Waals surface area contributed by atoms with E-state index in [1.54, 1.807) is 0 Å². The third kappa shape index (κ3) is 11.2. The van der Waals surface area contributed by atoms with E-state index in [1.165, 1.54) is 60.7 Å². The molecule has 5 rings (SSSR count). The van der Waals surface area contributed by atoms with Crippen molar-refractivity contribution >= 4 is 17.7 Å². The zero-order valence-electron chi connectivity index (χ0n) is 35.7. The number of hydrogen-bond acceptors (Lipinski definition) is 29. The van der Waals surface area contributed by atoms with Gasteiger partial charge in [-0.1, -0.05) is 60.7 Å². The molecule has 32 heteroatoms. The number of aromatic hydroxyl groups is 3. The Morgan fingerprint density at radius 3 is 1.66 bits per heavy atom. The van der Waals surface area contributed by atoms with Crippen LogP contribution in [0, 0.1) is 5.92 Å². The zero-order valence-corrected chi connectivity index (χ0v) is 35.7. The van der Waals surface area contributed by atoms with Crippen LogP contribution >= 0.6 is 0 Å². The highest BCUT2D eigenvalue weighted by atomic mass is 16.8. The number of benzene rings is 3. The molecular formula is C39H49N3O29. The smallest absolute Gasteiger partial charge is 0.386 e. The molecule has 2 saturated heterocycles. The van der Waals surface area contributed by atoms with E-state index in [4.69, 9.17) is 9.47 Å².